The van der Waals surface area contributed by atoms with Gasteiger partial charge in [-0.15, -0.1) is 24.8 Å². The van der Waals surface area contributed by atoms with E-state index in [1.165, 1.54) is 5.56 Å². The first-order valence-electron chi connectivity index (χ1n) is 5.70. The van der Waals surface area contributed by atoms with Crippen LogP contribution in [0, 0.1) is 0 Å². The third kappa shape index (κ3) is 5.51. The molecule has 0 fully saturated rings. The molecule has 0 aliphatic rings. The van der Waals surface area contributed by atoms with Crippen molar-refractivity contribution in [1.82, 2.24) is 15.3 Å². The Bertz CT molecular complexity index is 449. The monoisotopic (exact) mass is 303 g/mol. The molecule has 0 unspecified atom stereocenters. The van der Waals surface area contributed by atoms with E-state index >= 15 is 0 Å². The maximum atomic E-state index is 5.29. The van der Waals surface area contributed by atoms with E-state index in [2.05, 4.69) is 21.4 Å². The number of hydrogen-bond acceptors (Lipinski definition) is 3. The first-order chi connectivity index (χ1) is 8.40. The van der Waals surface area contributed by atoms with E-state index in [1.54, 1.807) is 13.4 Å². The number of H-pyrrole nitrogens is 1. The van der Waals surface area contributed by atoms with E-state index in [1.807, 2.05) is 24.4 Å². The Hall–Kier alpha value is -1.23. The fourth-order valence-electron chi connectivity index (χ4n) is 1.72. The molecule has 0 spiro atoms. The van der Waals surface area contributed by atoms with Gasteiger partial charge in [0.1, 0.15) is 5.75 Å². The van der Waals surface area contributed by atoms with Gasteiger partial charge in [0.05, 0.1) is 13.4 Å². The zero-order valence-corrected chi connectivity index (χ0v) is 12.4. The van der Waals surface area contributed by atoms with Crippen LogP contribution in [0.25, 0.3) is 0 Å². The zero-order valence-electron chi connectivity index (χ0n) is 10.8. The summed E-state index contributed by atoms with van der Waals surface area (Å²) in [5, 5.41) is 3.39. The van der Waals surface area contributed by atoms with Gasteiger partial charge in [0.2, 0.25) is 0 Å². The summed E-state index contributed by atoms with van der Waals surface area (Å²) in [4.78, 5) is 7.07. The lowest BCUT2D eigenvalue weighted by molar-refractivity contribution is 0.408. The van der Waals surface area contributed by atoms with Gasteiger partial charge in [0, 0.05) is 37.0 Å². The molecule has 6 heteroatoms. The maximum absolute atomic E-state index is 5.29. The number of nitrogens with zero attached hydrogens (tertiary/aromatic N) is 1. The van der Waals surface area contributed by atoms with Crippen LogP contribution in [0.2, 0.25) is 0 Å². The van der Waals surface area contributed by atoms with Gasteiger partial charge in [-0.3, -0.25) is 0 Å². The van der Waals surface area contributed by atoms with Gasteiger partial charge in [-0.05, 0) is 6.07 Å². The number of rotatable bonds is 6. The smallest absolute Gasteiger partial charge is 0.123 e. The third-order valence-corrected chi connectivity index (χ3v) is 2.63. The SMILES string of the molecule is COc1ccccc1CNCCc1cnc[nH]1.Cl.Cl. The summed E-state index contributed by atoms with van der Waals surface area (Å²) in [6.45, 7) is 1.73. The number of imidazole rings is 1. The van der Waals surface area contributed by atoms with E-state index in [9.17, 15) is 0 Å². The number of benzene rings is 1. The van der Waals surface area contributed by atoms with Crippen molar-refractivity contribution in [2.75, 3.05) is 13.7 Å². The van der Waals surface area contributed by atoms with Gasteiger partial charge in [0.15, 0.2) is 0 Å². The van der Waals surface area contributed by atoms with Crippen molar-refractivity contribution >= 4 is 24.8 Å². The van der Waals surface area contributed by atoms with Gasteiger partial charge < -0.3 is 15.0 Å². The Morgan fingerprint density at radius 2 is 2.05 bits per heavy atom. The number of hydrogen-bond donors (Lipinski definition) is 2. The minimum Gasteiger partial charge on any atom is -0.496 e. The largest absolute Gasteiger partial charge is 0.496 e. The number of aromatic nitrogens is 2. The van der Waals surface area contributed by atoms with Crippen molar-refractivity contribution in [1.29, 1.82) is 0 Å². The number of nitrogens with one attached hydrogen (secondary N) is 2. The first-order valence-corrected chi connectivity index (χ1v) is 5.70. The van der Waals surface area contributed by atoms with Crippen LogP contribution >= 0.6 is 24.8 Å². The molecule has 0 aliphatic carbocycles. The molecular formula is C13H19Cl2N3O. The summed E-state index contributed by atoms with van der Waals surface area (Å²) in [5.74, 6) is 0.932. The van der Waals surface area contributed by atoms with Gasteiger partial charge in [-0.2, -0.15) is 0 Å². The highest BCUT2D eigenvalue weighted by atomic mass is 35.5. The molecule has 0 saturated heterocycles. The predicted molar refractivity (Wildman–Crippen MR) is 81.5 cm³/mol. The van der Waals surface area contributed by atoms with E-state index in [0.29, 0.717) is 0 Å². The van der Waals surface area contributed by atoms with Crippen LogP contribution in [0.3, 0.4) is 0 Å². The normalized spacial score (nSPS) is 9.32. The third-order valence-electron chi connectivity index (χ3n) is 2.63. The lowest BCUT2D eigenvalue weighted by atomic mass is 10.2. The Labute approximate surface area is 125 Å². The maximum Gasteiger partial charge on any atom is 0.123 e. The van der Waals surface area contributed by atoms with Crippen LogP contribution in [0.15, 0.2) is 36.8 Å². The molecule has 106 valence electrons. The molecule has 2 aromatic rings. The molecule has 2 rings (SSSR count). The number of para-hydroxylation sites is 1. The Morgan fingerprint density at radius 3 is 2.74 bits per heavy atom. The Kier molecular flexibility index (Phi) is 9.04. The molecule has 1 heterocycles. The number of halogens is 2. The van der Waals surface area contributed by atoms with Crippen LogP contribution in [0.1, 0.15) is 11.3 Å². The number of aromatic amines is 1. The second-order valence-corrected chi connectivity index (χ2v) is 3.82. The van der Waals surface area contributed by atoms with Crippen LogP contribution in [0.4, 0.5) is 0 Å². The topological polar surface area (TPSA) is 49.9 Å². The molecule has 0 bridgehead atoms. The molecule has 2 N–H and O–H groups in total. The molecule has 4 nitrogen and oxygen atoms in total. The molecule has 19 heavy (non-hydrogen) atoms. The summed E-state index contributed by atoms with van der Waals surface area (Å²) >= 11 is 0. The van der Waals surface area contributed by atoms with Crippen molar-refractivity contribution in [3.05, 3.63) is 48.0 Å². The van der Waals surface area contributed by atoms with Crippen molar-refractivity contribution in [2.24, 2.45) is 0 Å². The van der Waals surface area contributed by atoms with E-state index in [4.69, 9.17) is 4.74 Å². The Morgan fingerprint density at radius 1 is 1.26 bits per heavy atom. The minimum atomic E-state index is 0. The molecule has 0 atom stereocenters. The van der Waals surface area contributed by atoms with Crippen LogP contribution in [-0.2, 0) is 13.0 Å². The van der Waals surface area contributed by atoms with E-state index in [-0.39, 0.29) is 24.8 Å². The average molecular weight is 304 g/mol. The average Bonchev–Trinajstić information content (AvgIpc) is 2.88. The fraction of sp³-hybridized carbons (Fsp3) is 0.308. The molecule has 0 radical (unpaired) electrons. The molecule has 1 aromatic carbocycles. The summed E-state index contributed by atoms with van der Waals surface area (Å²) in [6, 6.07) is 8.05. The molecule has 1 aromatic heterocycles. The van der Waals surface area contributed by atoms with Gasteiger partial charge in [-0.25, -0.2) is 4.98 Å². The van der Waals surface area contributed by atoms with Crippen molar-refractivity contribution in [3.63, 3.8) is 0 Å². The highest BCUT2D eigenvalue weighted by molar-refractivity contribution is 5.85. The zero-order chi connectivity index (χ0) is 11.9. The lowest BCUT2D eigenvalue weighted by Gasteiger charge is -2.08. The van der Waals surface area contributed by atoms with Gasteiger partial charge >= 0.3 is 0 Å². The number of ether oxygens (including phenoxy) is 1. The Balaban J connectivity index is 0.00000162. The van der Waals surface area contributed by atoms with Crippen molar-refractivity contribution < 1.29 is 4.74 Å². The summed E-state index contributed by atoms with van der Waals surface area (Å²) in [7, 11) is 1.70. The highest BCUT2D eigenvalue weighted by Crippen LogP contribution is 2.16. The van der Waals surface area contributed by atoms with E-state index < -0.39 is 0 Å². The van der Waals surface area contributed by atoms with Gasteiger partial charge in [-0.1, -0.05) is 18.2 Å². The quantitative estimate of drug-likeness (QED) is 0.807. The predicted octanol–water partition coefficient (Wildman–Crippen LogP) is 2.59. The highest BCUT2D eigenvalue weighted by Gasteiger charge is 2.00. The second kappa shape index (κ2) is 9.67. The summed E-state index contributed by atoms with van der Waals surface area (Å²) in [5.41, 5.74) is 2.33. The van der Waals surface area contributed by atoms with Gasteiger partial charge in [0.25, 0.3) is 0 Å². The second-order valence-electron chi connectivity index (χ2n) is 3.82. The molecule has 0 amide bonds. The van der Waals surface area contributed by atoms with Crippen molar-refractivity contribution in [2.45, 2.75) is 13.0 Å². The molecule has 0 aliphatic heterocycles. The number of methoxy groups -OCH3 is 1. The van der Waals surface area contributed by atoms with E-state index in [0.717, 1.165) is 31.0 Å². The standard InChI is InChI=1S/C13H17N3O.2ClH/c1-17-13-5-3-2-4-11(13)8-14-7-6-12-9-15-10-16-12;;/h2-5,9-10,14H,6-8H2,1H3,(H,15,16);2*1H. The van der Waals surface area contributed by atoms with Crippen LogP contribution in [0.5, 0.6) is 5.75 Å². The summed E-state index contributed by atoms with van der Waals surface area (Å²) in [6.07, 6.45) is 4.51. The lowest BCUT2D eigenvalue weighted by Crippen LogP contribution is -2.17. The fourth-order valence-corrected chi connectivity index (χ4v) is 1.72. The summed E-state index contributed by atoms with van der Waals surface area (Å²) < 4.78 is 5.29. The van der Waals surface area contributed by atoms with Crippen LogP contribution < -0.4 is 10.1 Å². The van der Waals surface area contributed by atoms with Crippen molar-refractivity contribution in [3.8, 4) is 5.75 Å². The van der Waals surface area contributed by atoms with Crippen LogP contribution in [-0.4, -0.2) is 23.6 Å². The molecular weight excluding hydrogens is 285 g/mol. The molecule has 0 saturated carbocycles. The first kappa shape index (κ1) is 17.8. The minimum absolute atomic E-state index is 0.